The zero-order valence-corrected chi connectivity index (χ0v) is 7.58. The molecule has 4 heteroatoms. The van der Waals surface area contributed by atoms with E-state index in [0.29, 0.717) is 16.5 Å². The smallest absolute Gasteiger partial charge is 0.346 e. The van der Waals surface area contributed by atoms with Crippen LogP contribution in [0.3, 0.4) is 0 Å². The fourth-order valence-electron chi connectivity index (χ4n) is 1.37. The van der Waals surface area contributed by atoms with Crippen LogP contribution in [0, 0.1) is 6.92 Å². The number of aryl methyl sites for hydroxylation is 1. The van der Waals surface area contributed by atoms with E-state index in [1.165, 1.54) is 0 Å². The zero-order valence-electron chi connectivity index (χ0n) is 7.58. The van der Waals surface area contributed by atoms with E-state index < -0.39 is 12.3 Å². The Morgan fingerprint density at radius 3 is 3.00 bits per heavy atom. The Kier molecular flexibility index (Phi) is 2.04. The number of halogens is 1. The predicted molar refractivity (Wildman–Crippen MR) is 49.8 cm³/mol. The van der Waals surface area contributed by atoms with Crippen molar-refractivity contribution in [1.29, 1.82) is 0 Å². The lowest BCUT2D eigenvalue weighted by molar-refractivity contribution is 0.463. The average Bonchev–Trinajstić information content (AvgIpc) is 2.17. The molecule has 14 heavy (non-hydrogen) atoms. The van der Waals surface area contributed by atoms with Crippen molar-refractivity contribution < 1.29 is 8.81 Å². The monoisotopic (exact) mass is 193 g/mol. The highest BCUT2D eigenvalue weighted by atomic mass is 19.1. The summed E-state index contributed by atoms with van der Waals surface area (Å²) in [5, 5.41) is 0.325. The normalized spacial score (nSPS) is 10.7. The standard InChI is InChI=1S/C10H8FNO2/c1-6-12-9-7(5-11)3-2-4-8(9)10(13)14-6/h2-4H,5H2,1H3. The molecule has 2 rings (SSSR count). The summed E-state index contributed by atoms with van der Waals surface area (Å²) in [4.78, 5) is 15.3. The van der Waals surface area contributed by atoms with E-state index in [2.05, 4.69) is 4.98 Å². The number of nitrogens with zero attached hydrogens (tertiary/aromatic N) is 1. The van der Waals surface area contributed by atoms with Gasteiger partial charge in [0.05, 0.1) is 10.9 Å². The summed E-state index contributed by atoms with van der Waals surface area (Å²) in [5.74, 6) is 0.253. The number of para-hydroxylation sites is 1. The number of alkyl halides is 1. The Labute approximate surface area is 79.2 Å². The Balaban J connectivity index is 2.94. The molecule has 0 saturated carbocycles. The summed E-state index contributed by atoms with van der Waals surface area (Å²) in [6.45, 7) is 0.934. The average molecular weight is 193 g/mol. The van der Waals surface area contributed by atoms with E-state index in [1.54, 1.807) is 25.1 Å². The Bertz CT molecular complexity index is 533. The van der Waals surface area contributed by atoms with E-state index in [-0.39, 0.29) is 5.89 Å². The first-order chi connectivity index (χ1) is 6.72. The first-order valence-corrected chi connectivity index (χ1v) is 4.17. The molecule has 0 saturated heterocycles. The molecular weight excluding hydrogens is 185 g/mol. The second kappa shape index (κ2) is 3.21. The van der Waals surface area contributed by atoms with Crippen LogP contribution in [-0.4, -0.2) is 4.98 Å². The molecule has 0 spiro atoms. The van der Waals surface area contributed by atoms with Gasteiger partial charge in [0.25, 0.3) is 0 Å². The number of hydrogen-bond donors (Lipinski definition) is 0. The first-order valence-electron chi connectivity index (χ1n) is 4.17. The molecule has 0 bridgehead atoms. The van der Waals surface area contributed by atoms with Gasteiger partial charge in [0.15, 0.2) is 5.89 Å². The van der Waals surface area contributed by atoms with Gasteiger partial charge in [-0.05, 0) is 6.07 Å². The van der Waals surface area contributed by atoms with Gasteiger partial charge in [0.1, 0.15) is 6.67 Å². The van der Waals surface area contributed by atoms with Gasteiger partial charge in [0, 0.05) is 12.5 Å². The van der Waals surface area contributed by atoms with Crippen LogP contribution in [0.2, 0.25) is 0 Å². The first kappa shape index (κ1) is 8.87. The lowest BCUT2D eigenvalue weighted by atomic mass is 10.1. The highest BCUT2D eigenvalue weighted by Crippen LogP contribution is 2.14. The van der Waals surface area contributed by atoms with Crippen molar-refractivity contribution in [3.63, 3.8) is 0 Å². The van der Waals surface area contributed by atoms with Crippen molar-refractivity contribution in [2.75, 3.05) is 0 Å². The zero-order chi connectivity index (χ0) is 10.1. The second-order valence-electron chi connectivity index (χ2n) is 2.97. The van der Waals surface area contributed by atoms with E-state index in [0.717, 1.165) is 0 Å². The second-order valence-corrected chi connectivity index (χ2v) is 2.97. The van der Waals surface area contributed by atoms with Gasteiger partial charge >= 0.3 is 5.63 Å². The SMILES string of the molecule is Cc1nc2c(CF)cccc2c(=O)o1. The number of aromatic nitrogens is 1. The fourth-order valence-corrected chi connectivity index (χ4v) is 1.37. The maximum absolute atomic E-state index is 12.5. The van der Waals surface area contributed by atoms with Crippen molar-refractivity contribution in [3.8, 4) is 0 Å². The van der Waals surface area contributed by atoms with E-state index >= 15 is 0 Å². The summed E-state index contributed by atoms with van der Waals surface area (Å²) in [7, 11) is 0. The van der Waals surface area contributed by atoms with Gasteiger partial charge in [-0.3, -0.25) is 0 Å². The molecule has 0 aliphatic heterocycles. The molecule has 0 radical (unpaired) electrons. The van der Waals surface area contributed by atoms with E-state index in [4.69, 9.17) is 4.42 Å². The minimum Gasteiger partial charge on any atom is -0.408 e. The summed E-state index contributed by atoms with van der Waals surface area (Å²) in [5.41, 5.74) is 0.338. The van der Waals surface area contributed by atoms with Crippen molar-refractivity contribution in [2.24, 2.45) is 0 Å². The number of fused-ring (bicyclic) bond motifs is 1. The molecule has 0 fully saturated rings. The van der Waals surface area contributed by atoms with Crippen LogP contribution in [0.1, 0.15) is 11.5 Å². The van der Waals surface area contributed by atoms with Crippen LogP contribution in [0.15, 0.2) is 27.4 Å². The topological polar surface area (TPSA) is 43.1 Å². The molecule has 0 aliphatic carbocycles. The molecule has 0 N–H and O–H groups in total. The highest BCUT2D eigenvalue weighted by Gasteiger charge is 2.07. The third-order valence-electron chi connectivity index (χ3n) is 1.99. The van der Waals surface area contributed by atoms with Gasteiger partial charge in [-0.2, -0.15) is 0 Å². The Hall–Kier alpha value is -1.71. The van der Waals surface area contributed by atoms with Crippen LogP contribution in [-0.2, 0) is 6.67 Å². The quantitative estimate of drug-likeness (QED) is 0.695. The predicted octanol–water partition coefficient (Wildman–Crippen LogP) is 1.97. The van der Waals surface area contributed by atoms with Crippen molar-refractivity contribution >= 4 is 10.9 Å². The summed E-state index contributed by atoms with van der Waals surface area (Å²) < 4.78 is 17.3. The molecule has 0 atom stereocenters. The van der Waals surface area contributed by atoms with Crippen molar-refractivity contribution in [2.45, 2.75) is 13.6 Å². The lowest BCUT2D eigenvalue weighted by Crippen LogP contribution is -2.04. The van der Waals surface area contributed by atoms with Crippen LogP contribution < -0.4 is 5.63 Å². The van der Waals surface area contributed by atoms with Crippen LogP contribution >= 0.6 is 0 Å². The summed E-state index contributed by atoms with van der Waals surface area (Å²) >= 11 is 0. The minimum atomic E-state index is -0.632. The lowest BCUT2D eigenvalue weighted by Gasteiger charge is -2.00. The van der Waals surface area contributed by atoms with Crippen LogP contribution in [0.25, 0.3) is 10.9 Å². The molecule has 0 unspecified atom stereocenters. The maximum Gasteiger partial charge on any atom is 0.346 e. The third kappa shape index (κ3) is 1.28. The molecule has 2 aromatic rings. The fraction of sp³-hybridized carbons (Fsp3) is 0.200. The van der Waals surface area contributed by atoms with E-state index in [9.17, 15) is 9.18 Å². The van der Waals surface area contributed by atoms with Crippen LogP contribution in [0.4, 0.5) is 4.39 Å². The molecular formula is C10H8FNO2. The minimum absolute atomic E-state index is 0.253. The Morgan fingerprint density at radius 1 is 1.50 bits per heavy atom. The van der Waals surface area contributed by atoms with Gasteiger partial charge in [-0.15, -0.1) is 0 Å². The van der Waals surface area contributed by atoms with Crippen molar-refractivity contribution in [1.82, 2.24) is 4.98 Å². The van der Waals surface area contributed by atoms with Gasteiger partial charge < -0.3 is 4.42 Å². The molecule has 1 aromatic heterocycles. The van der Waals surface area contributed by atoms with Gasteiger partial charge in [-0.25, -0.2) is 14.2 Å². The van der Waals surface area contributed by atoms with Gasteiger partial charge in [0.2, 0.25) is 0 Å². The van der Waals surface area contributed by atoms with Gasteiger partial charge in [-0.1, -0.05) is 12.1 Å². The molecule has 3 nitrogen and oxygen atoms in total. The van der Waals surface area contributed by atoms with Crippen molar-refractivity contribution in [3.05, 3.63) is 40.1 Å². The third-order valence-corrected chi connectivity index (χ3v) is 1.99. The molecule has 72 valence electrons. The molecule has 0 amide bonds. The van der Waals surface area contributed by atoms with E-state index in [1.807, 2.05) is 0 Å². The summed E-state index contributed by atoms with van der Waals surface area (Å²) in [6.07, 6.45) is 0. The van der Waals surface area contributed by atoms with Crippen LogP contribution in [0.5, 0.6) is 0 Å². The molecule has 1 heterocycles. The number of hydrogen-bond acceptors (Lipinski definition) is 3. The number of rotatable bonds is 1. The summed E-state index contributed by atoms with van der Waals surface area (Å²) in [6, 6.07) is 4.80. The highest BCUT2D eigenvalue weighted by molar-refractivity contribution is 5.80. The molecule has 0 aliphatic rings. The Morgan fingerprint density at radius 2 is 2.29 bits per heavy atom. The number of benzene rings is 1. The molecule has 1 aromatic carbocycles. The maximum atomic E-state index is 12.5. The largest absolute Gasteiger partial charge is 0.408 e.